The Balaban J connectivity index is 1.91. The third-order valence-electron chi connectivity index (χ3n) is 3.93. The highest BCUT2D eigenvalue weighted by Crippen LogP contribution is 2.14. The summed E-state index contributed by atoms with van der Waals surface area (Å²) in [6, 6.07) is 11.6. The molecule has 0 radical (unpaired) electrons. The lowest BCUT2D eigenvalue weighted by atomic mass is 10.2. The lowest BCUT2D eigenvalue weighted by molar-refractivity contribution is -0.384. The molecule has 146 valence electrons. The van der Waals surface area contributed by atoms with Crippen LogP contribution in [-0.4, -0.2) is 34.7 Å². The van der Waals surface area contributed by atoms with E-state index in [1.807, 2.05) is 0 Å². The molecule has 0 aliphatic rings. The molecule has 0 fully saturated rings. The van der Waals surface area contributed by atoms with E-state index in [0.717, 1.165) is 5.56 Å². The van der Waals surface area contributed by atoms with Gasteiger partial charge in [-0.3, -0.25) is 19.7 Å². The standard InChI is InChI=1S/C20H20FN3O4/c1-2-23(14-19(25)22-13-16-6-9-17(21)10-7-16)20(26)11-8-15-4-3-5-18(12-15)24(27)28/h3-12H,2,13-14H2,1H3,(H,22,25)/b11-8+. The molecule has 2 aromatic carbocycles. The highest BCUT2D eigenvalue weighted by molar-refractivity contribution is 5.94. The van der Waals surface area contributed by atoms with Gasteiger partial charge in [0.15, 0.2) is 0 Å². The lowest BCUT2D eigenvalue weighted by Crippen LogP contribution is -2.39. The van der Waals surface area contributed by atoms with Crippen molar-refractivity contribution in [3.05, 3.63) is 81.7 Å². The molecule has 0 unspecified atom stereocenters. The molecule has 0 aromatic heterocycles. The molecule has 7 nitrogen and oxygen atoms in total. The Morgan fingerprint density at radius 2 is 1.93 bits per heavy atom. The Kier molecular flexibility index (Phi) is 7.38. The van der Waals surface area contributed by atoms with Crippen LogP contribution in [0.4, 0.5) is 10.1 Å². The first kappa shape index (κ1) is 20.8. The summed E-state index contributed by atoms with van der Waals surface area (Å²) in [7, 11) is 0. The third kappa shape index (κ3) is 6.31. The average molecular weight is 385 g/mol. The van der Waals surface area contributed by atoms with E-state index in [9.17, 15) is 24.1 Å². The van der Waals surface area contributed by atoms with Gasteiger partial charge in [-0.2, -0.15) is 0 Å². The number of amides is 2. The van der Waals surface area contributed by atoms with Crippen LogP contribution in [0.5, 0.6) is 0 Å². The van der Waals surface area contributed by atoms with Crippen LogP contribution in [0.1, 0.15) is 18.1 Å². The van der Waals surface area contributed by atoms with Gasteiger partial charge in [0.05, 0.1) is 11.5 Å². The number of benzene rings is 2. The van der Waals surface area contributed by atoms with Gasteiger partial charge < -0.3 is 10.2 Å². The molecule has 2 rings (SSSR count). The number of hydrogen-bond donors (Lipinski definition) is 1. The zero-order chi connectivity index (χ0) is 20.5. The van der Waals surface area contributed by atoms with Gasteiger partial charge in [-0.15, -0.1) is 0 Å². The van der Waals surface area contributed by atoms with Crippen LogP contribution >= 0.6 is 0 Å². The summed E-state index contributed by atoms with van der Waals surface area (Å²) >= 11 is 0. The predicted molar refractivity (Wildman–Crippen MR) is 103 cm³/mol. The molecule has 1 N–H and O–H groups in total. The fourth-order valence-corrected chi connectivity index (χ4v) is 2.39. The number of rotatable bonds is 8. The number of nitro groups is 1. The fourth-order valence-electron chi connectivity index (χ4n) is 2.39. The first-order valence-corrected chi connectivity index (χ1v) is 8.61. The Labute approximate surface area is 161 Å². The molecule has 28 heavy (non-hydrogen) atoms. The molecule has 0 atom stereocenters. The summed E-state index contributed by atoms with van der Waals surface area (Å²) in [6.45, 7) is 2.17. The minimum absolute atomic E-state index is 0.0675. The van der Waals surface area contributed by atoms with Crippen molar-refractivity contribution in [3.63, 3.8) is 0 Å². The lowest BCUT2D eigenvalue weighted by Gasteiger charge is -2.18. The van der Waals surface area contributed by atoms with Gasteiger partial charge >= 0.3 is 0 Å². The molecule has 0 saturated heterocycles. The molecular formula is C20H20FN3O4. The van der Waals surface area contributed by atoms with E-state index in [1.165, 1.54) is 47.4 Å². The number of nitrogens with one attached hydrogen (secondary N) is 1. The second kappa shape index (κ2) is 9.96. The maximum Gasteiger partial charge on any atom is 0.270 e. The Morgan fingerprint density at radius 3 is 2.57 bits per heavy atom. The SMILES string of the molecule is CCN(CC(=O)NCc1ccc(F)cc1)C(=O)/C=C/c1cccc([N+](=O)[O-])c1. The number of halogens is 1. The van der Waals surface area contributed by atoms with E-state index in [-0.39, 0.29) is 36.4 Å². The minimum atomic E-state index is -0.511. The number of nitrogens with zero attached hydrogens (tertiary/aromatic N) is 2. The molecule has 2 amide bonds. The van der Waals surface area contributed by atoms with Crippen LogP contribution in [0.15, 0.2) is 54.6 Å². The van der Waals surface area contributed by atoms with E-state index >= 15 is 0 Å². The van der Waals surface area contributed by atoms with Crippen molar-refractivity contribution in [1.82, 2.24) is 10.2 Å². The van der Waals surface area contributed by atoms with Crippen molar-refractivity contribution >= 4 is 23.6 Å². The quantitative estimate of drug-likeness (QED) is 0.430. The summed E-state index contributed by atoms with van der Waals surface area (Å²) in [6.07, 6.45) is 2.74. The molecule has 2 aromatic rings. The van der Waals surface area contributed by atoms with Crippen LogP contribution in [0, 0.1) is 15.9 Å². The second-order valence-corrected chi connectivity index (χ2v) is 5.94. The van der Waals surface area contributed by atoms with E-state index in [4.69, 9.17) is 0 Å². The fraction of sp³-hybridized carbons (Fsp3) is 0.200. The van der Waals surface area contributed by atoms with E-state index in [1.54, 1.807) is 25.1 Å². The average Bonchev–Trinajstić information content (AvgIpc) is 2.70. The number of carbonyl (C=O) groups excluding carboxylic acids is 2. The first-order chi connectivity index (χ1) is 13.4. The largest absolute Gasteiger partial charge is 0.350 e. The smallest absolute Gasteiger partial charge is 0.270 e. The summed E-state index contributed by atoms with van der Waals surface area (Å²) in [5, 5.41) is 13.5. The molecule has 0 aliphatic carbocycles. The summed E-state index contributed by atoms with van der Waals surface area (Å²) in [4.78, 5) is 36.0. The van der Waals surface area contributed by atoms with Gasteiger partial charge in [0.1, 0.15) is 5.82 Å². The zero-order valence-electron chi connectivity index (χ0n) is 15.3. The first-order valence-electron chi connectivity index (χ1n) is 8.61. The molecule has 0 bridgehead atoms. The van der Waals surface area contributed by atoms with Gasteiger partial charge in [0.2, 0.25) is 11.8 Å². The predicted octanol–water partition coefficient (Wildman–Crippen LogP) is 2.91. The maximum absolute atomic E-state index is 12.9. The summed E-state index contributed by atoms with van der Waals surface area (Å²) < 4.78 is 12.9. The van der Waals surface area contributed by atoms with Crippen molar-refractivity contribution in [2.75, 3.05) is 13.1 Å². The maximum atomic E-state index is 12.9. The zero-order valence-corrected chi connectivity index (χ0v) is 15.3. The highest BCUT2D eigenvalue weighted by Gasteiger charge is 2.13. The Hall–Kier alpha value is -3.55. The molecule has 0 saturated carbocycles. The normalized spacial score (nSPS) is 10.6. The molecule has 8 heteroatoms. The van der Waals surface area contributed by atoms with Gasteiger partial charge in [0, 0.05) is 31.3 Å². The van der Waals surface area contributed by atoms with Crippen molar-refractivity contribution in [2.45, 2.75) is 13.5 Å². The van der Waals surface area contributed by atoms with Crippen molar-refractivity contribution < 1.29 is 18.9 Å². The second-order valence-electron chi connectivity index (χ2n) is 5.94. The number of likely N-dealkylation sites (N-methyl/N-ethyl adjacent to an activating group) is 1. The monoisotopic (exact) mass is 385 g/mol. The van der Waals surface area contributed by atoms with Crippen LogP contribution in [0.3, 0.4) is 0 Å². The van der Waals surface area contributed by atoms with Crippen LogP contribution < -0.4 is 5.32 Å². The van der Waals surface area contributed by atoms with Gasteiger partial charge in [-0.05, 0) is 36.3 Å². The van der Waals surface area contributed by atoms with Crippen LogP contribution in [-0.2, 0) is 16.1 Å². The number of carbonyl (C=O) groups is 2. The van der Waals surface area contributed by atoms with E-state index in [0.29, 0.717) is 12.1 Å². The number of hydrogen-bond acceptors (Lipinski definition) is 4. The van der Waals surface area contributed by atoms with Crippen molar-refractivity contribution in [2.24, 2.45) is 0 Å². The Morgan fingerprint density at radius 1 is 1.21 bits per heavy atom. The van der Waals surface area contributed by atoms with E-state index < -0.39 is 4.92 Å². The third-order valence-corrected chi connectivity index (χ3v) is 3.93. The molecule has 0 spiro atoms. The molecule has 0 heterocycles. The minimum Gasteiger partial charge on any atom is -0.350 e. The van der Waals surface area contributed by atoms with Crippen molar-refractivity contribution in [3.8, 4) is 0 Å². The topological polar surface area (TPSA) is 92.6 Å². The summed E-state index contributed by atoms with van der Waals surface area (Å²) in [5.74, 6) is -1.08. The van der Waals surface area contributed by atoms with Crippen LogP contribution in [0.2, 0.25) is 0 Å². The van der Waals surface area contributed by atoms with Crippen LogP contribution in [0.25, 0.3) is 6.08 Å². The molecule has 0 aliphatic heterocycles. The summed E-state index contributed by atoms with van der Waals surface area (Å²) in [5.41, 5.74) is 1.19. The van der Waals surface area contributed by atoms with E-state index in [2.05, 4.69) is 5.32 Å². The highest BCUT2D eigenvalue weighted by atomic mass is 19.1. The Bertz CT molecular complexity index is 881. The molecular weight excluding hydrogens is 365 g/mol. The van der Waals surface area contributed by atoms with Gasteiger partial charge in [-0.1, -0.05) is 24.3 Å². The number of non-ortho nitro benzene ring substituents is 1. The van der Waals surface area contributed by atoms with Gasteiger partial charge in [0.25, 0.3) is 5.69 Å². The van der Waals surface area contributed by atoms with Gasteiger partial charge in [-0.25, -0.2) is 4.39 Å². The number of nitro benzene ring substituents is 1. The van der Waals surface area contributed by atoms with Crippen molar-refractivity contribution in [1.29, 1.82) is 0 Å².